The zero-order chi connectivity index (χ0) is 19.2. The van der Waals surface area contributed by atoms with Crippen LogP contribution in [0.25, 0.3) is 0 Å². The molecule has 0 radical (unpaired) electrons. The molecule has 0 saturated carbocycles. The van der Waals surface area contributed by atoms with Gasteiger partial charge in [0.25, 0.3) is 5.91 Å². The van der Waals surface area contributed by atoms with Gasteiger partial charge in [0, 0.05) is 44.8 Å². The Balaban J connectivity index is 1.31. The molecule has 1 aliphatic heterocycles. The molecular weight excluding hydrogens is 356 g/mol. The second kappa shape index (κ2) is 8.38. The summed E-state index contributed by atoms with van der Waals surface area (Å²) in [4.78, 5) is 29.3. The highest BCUT2D eigenvalue weighted by Crippen LogP contribution is 2.12. The van der Waals surface area contributed by atoms with E-state index in [2.05, 4.69) is 35.4 Å². The van der Waals surface area contributed by atoms with Gasteiger partial charge in [-0.15, -0.1) is 10.2 Å². The topological polar surface area (TPSA) is 100 Å². The minimum Gasteiger partial charge on any atom is -0.363 e. The van der Waals surface area contributed by atoms with Crippen molar-refractivity contribution in [2.24, 2.45) is 0 Å². The lowest BCUT2D eigenvalue weighted by Gasteiger charge is -2.34. The molecule has 1 fully saturated rings. The van der Waals surface area contributed by atoms with Gasteiger partial charge in [-0.25, -0.2) is 9.97 Å². The normalized spacial score (nSPS) is 14.0. The first kappa shape index (κ1) is 17.8. The first-order chi connectivity index (χ1) is 13.8. The molecule has 0 bridgehead atoms. The molecule has 4 rings (SSSR count). The highest BCUT2D eigenvalue weighted by atomic mass is 16.2. The predicted molar refractivity (Wildman–Crippen MR) is 104 cm³/mol. The van der Waals surface area contributed by atoms with E-state index in [1.165, 1.54) is 0 Å². The molecule has 1 aliphatic rings. The number of amides is 1. The summed E-state index contributed by atoms with van der Waals surface area (Å²) in [5.41, 5.74) is 1.25. The van der Waals surface area contributed by atoms with Crippen molar-refractivity contribution in [3.05, 3.63) is 66.4 Å². The van der Waals surface area contributed by atoms with Gasteiger partial charge in [-0.2, -0.15) is 0 Å². The van der Waals surface area contributed by atoms with Crippen molar-refractivity contribution in [2.75, 3.05) is 36.4 Å². The third-order valence-electron chi connectivity index (χ3n) is 4.46. The van der Waals surface area contributed by atoms with Crippen LogP contribution in [0.5, 0.6) is 0 Å². The fourth-order valence-corrected chi connectivity index (χ4v) is 2.95. The van der Waals surface area contributed by atoms with Gasteiger partial charge >= 0.3 is 0 Å². The zero-order valence-electron chi connectivity index (χ0n) is 15.3. The number of anilines is 2. The Morgan fingerprint density at radius 1 is 0.893 bits per heavy atom. The Morgan fingerprint density at radius 2 is 1.68 bits per heavy atom. The SMILES string of the molecule is O=C(c1ccc(NCc2ccccn2)nn1)N1CCN(c2ncccn2)CC1. The molecular formula is C19H20N8O. The highest BCUT2D eigenvalue weighted by molar-refractivity contribution is 5.92. The van der Waals surface area contributed by atoms with E-state index < -0.39 is 0 Å². The molecule has 1 amide bonds. The van der Waals surface area contributed by atoms with Crippen LogP contribution in [0.3, 0.4) is 0 Å². The summed E-state index contributed by atoms with van der Waals surface area (Å²) in [5.74, 6) is 1.18. The van der Waals surface area contributed by atoms with Crippen molar-refractivity contribution in [2.45, 2.75) is 6.54 Å². The molecule has 0 atom stereocenters. The van der Waals surface area contributed by atoms with Crippen LogP contribution in [0.4, 0.5) is 11.8 Å². The number of hydrogen-bond acceptors (Lipinski definition) is 8. The second-order valence-electron chi connectivity index (χ2n) is 6.31. The number of piperazine rings is 1. The van der Waals surface area contributed by atoms with Crippen LogP contribution < -0.4 is 10.2 Å². The molecule has 142 valence electrons. The number of nitrogens with zero attached hydrogens (tertiary/aromatic N) is 7. The average molecular weight is 376 g/mol. The van der Waals surface area contributed by atoms with E-state index in [4.69, 9.17) is 0 Å². The molecule has 0 spiro atoms. The van der Waals surface area contributed by atoms with Gasteiger partial charge in [-0.05, 0) is 30.3 Å². The fraction of sp³-hybridized carbons (Fsp3) is 0.263. The lowest BCUT2D eigenvalue weighted by Crippen LogP contribution is -2.49. The van der Waals surface area contributed by atoms with Crippen LogP contribution in [-0.2, 0) is 6.54 Å². The molecule has 9 nitrogen and oxygen atoms in total. The molecule has 0 unspecified atom stereocenters. The van der Waals surface area contributed by atoms with Crippen molar-refractivity contribution in [1.29, 1.82) is 0 Å². The first-order valence-corrected chi connectivity index (χ1v) is 9.08. The lowest BCUT2D eigenvalue weighted by atomic mass is 10.2. The van der Waals surface area contributed by atoms with E-state index in [9.17, 15) is 4.79 Å². The van der Waals surface area contributed by atoms with Gasteiger partial charge in [-0.3, -0.25) is 9.78 Å². The second-order valence-corrected chi connectivity index (χ2v) is 6.31. The Morgan fingerprint density at radius 3 is 2.36 bits per heavy atom. The largest absolute Gasteiger partial charge is 0.363 e. The van der Waals surface area contributed by atoms with E-state index in [-0.39, 0.29) is 5.91 Å². The summed E-state index contributed by atoms with van der Waals surface area (Å²) in [6, 6.07) is 11.0. The molecule has 0 aliphatic carbocycles. The van der Waals surface area contributed by atoms with Gasteiger partial charge in [0.2, 0.25) is 5.95 Å². The molecule has 4 heterocycles. The molecule has 0 aromatic carbocycles. The third-order valence-corrected chi connectivity index (χ3v) is 4.46. The van der Waals surface area contributed by atoms with Crippen LogP contribution in [0.1, 0.15) is 16.2 Å². The number of carbonyl (C=O) groups excluding carboxylic acids is 1. The minimum absolute atomic E-state index is 0.114. The Labute approximate surface area is 162 Å². The summed E-state index contributed by atoms with van der Waals surface area (Å²) in [5, 5.41) is 11.3. The van der Waals surface area contributed by atoms with Crippen molar-refractivity contribution in [1.82, 2.24) is 30.0 Å². The van der Waals surface area contributed by atoms with E-state index in [0.29, 0.717) is 50.2 Å². The van der Waals surface area contributed by atoms with Crippen molar-refractivity contribution in [3.63, 3.8) is 0 Å². The van der Waals surface area contributed by atoms with Gasteiger partial charge < -0.3 is 15.1 Å². The quantitative estimate of drug-likeness (QED) is 0.710. The van der Waals surface area contributed by atoms with E-state index in [1.807, 2.05) is 18.2 Å². The summed E-state index contributed by atoms with van der Waals surface area (Å²) in [7, 11) is 0. The monoisotopic (exact) mass is 376 g/mol. The fourth-order valence-electron chi connectivity index (χ4n) is 2.95. The van der Waals surface area contributed by atoms with E-state index in [0.717, 1.165) is 5.69 Å². The van der Waals surface area contributed by atoms with E-state index >= 15 is 0 Å². The van der Waals surface area contributed by atoms with Gasteiger partial charge in [0.05, 0.1) is 12.2 Å². The molecule has 9 heteroatoms. The zero-order valence-corrected chi connectivity index (χ0v) is 15.3. The lowest BCUT2D eigenvalue weighted by molar-refractivity contribution is 0.0739. The van der Waals surface area contributed by atoms with Crippen molar-refractivity contribution < 1.29 is 4.79 Å². The number of nitrogens with one attached hydrogen (secondary N) is 1. The standard InChI is InChI=1S/C19H20N8O/c28-18(26-10-12-27(13-11-26)19-21-8-3-9-22-19)16-5-6-17(25-24-16)23-14-15-4-1-2-7-20-15/h1-9H,10-14H2,(H,23,25). The number of rotatable bonds is 5. The third kappa shape index (κ3) is 4.20. The number of carbonyl (C=O) groups is 1. The maximum Gasteiger partial charge on any atom is 0.274 e. The Hall–Kier alpha value is -3.62. The van der Waals surface area contributed by atoms with Crippen LogP contribution in [-0.4, -0.2) is 62.1 Å². The maximum atomic E-state index is 12.7. The smallest absolute Gasteiger partial charge is 0.274 e. The van der Waals surface area contributed by atoms with Crippen LogP contribution >= 0.6 is 0 Å². The molecule has 3 aromatic rings. The Bertz CT molecular complexity index is 896. The van der Waals surface area contributed by atoms with Gasteiger partial charge in [0.15, 0.2) is 5.69 Å². The summed E-state index contributed by atoms with van der Waals surface area (Å²) >= 11 is 0. The van der Waals surface area contributed by atoms with Crippen LogP contribution in [0, 0.1) is 0 Å². The first-order valence-electron chi connectivity index (χ1n) is 9.08. The summed E-state index contributed by atoms with van der Waals surface area (Å²) in [6.45, 7) is 3.11. The Kier molecular flexibility index (Phi) is 5.32. The number of pyridine rings is 1. The summed E-state index contributed by atoms with van der Waals surface area (Å²) in [6.07, 6.45) is 5.19. The van der Waals surface area contributed by atoms with Gasteiger partial charge in [0.1, 0.15) is 5.82 Å². The minimum atomic E-state index is -0.114. The highest BCUT2D eigenvalue weighted by Gasteiger charge is 2.24. The maximum absolute atomic E-state index is 12.7. The molecule has 1 saturated heterocycles. The van der Waals surface area contributed by atoms with Gasteiger partial charge in [-0.1, -0.05) is 6.07 Å². The summed E-state index contributed by atoms with van der Waals surface area (Å²) < 4.78 is 0. The van der Waals surface area contributed by atoms with Crippen LogP contribution in [0.2, 0.25) is 0 Å². The van der Waals surface area contributed by atoms with Crippen molar-refractivity contribution >= 4 is 17.7 Å². The van der Waals surface area contributed by atoms with Crippen molar-refractivity contribution in [3.8, 4) is 0 Å². The number of aromatic nitrogens is 5. The predicted octanol–water partition coefficient (Wildman–Crippen LogP) is 1.24. The van der Waals surface area contributed by atoms with E-state index in [1.54, 1.807) is 41.7 Å². The molecule has 3 aromatic heterocycles. The van der Waals surface area contributed by atoms with Crippen LogP contribution in [0.15, 0.2) is 55.0 Å². The number of hydrogen-bond donors (Lipinski definition) is 1. The molecule has 1 N–H and O–H groups in total. The average Bonchev–Trinajstić information content (AvgIpc) is 2.79. The molecule has 28 heavy (non-hydrogen) atoms.